The SMILES string of the molecule is ON=C(c1ccccc1)c1cc(Cl)ccc1O. The molecular weight excluding hydrogens is 238 g/mol. The first-order chi connectivity index (χ1) is 8.22. The molecule has 2 aromatic carbocycles. The van der Waals surface area contributed by atoms with Crippen LogP contribution in [0.15, 0.2) is 53.7 Å². The fraction of sp³-hybridized carbons (Fsp3) is 0. The smallest absolute Gasteiger partial charge is 0.125 e. The standard InChI is InChI=1S/C13H10ClNO2/c14-10-6-7-12(16)11(8-10)13(15-17)9-4-2-1-3-5-9/h1-8,16-17H. The maximum Gasteiger partial charge on any atom is 0.125 e. The molecule has 0 atom stereocenters. The van der Waals surface area contributed by atoms with Crippen LogP contribution < -0.4 is 0 Å². The summed E-state index contributed by atoms with van der Waals surface area (Å²) in [5.74, 6) is 0.0195. The zero-order valence-corrected chi connectivity index (χ0v) is 9.59. The number of rotatable bonds is 2. The van der Waals surface area contributed by atoms with Crippen molar-refractivity contribution in [2.45, 2.75) is 0 Å². The van der Waals surface area contributed by atoms with Gasteiger partial charge in [0.15, 0.2) is 0 Å². The number of oxime groups is 1. The lowest BCUT2D eigenvalue weighted by molar-refractivity contribution is 0.319. The van der Waals surface area contributed by atoms with Crippen LogP contribution in [0, 0.1) is 0 Å². The van der Waals surface area contributed by atoms with Crippen LogP contribution in [0.4, 0.5) is 0 Å². The van der Waals surface area contributed by atoms with Crippen molar-refractivity contribution in [1.82, 2.24) is 0 Å². The fourth-order valence-electron chi connectivity index (χ4n) is 1.56. The summed E-state index contributed by atoms with van der Waals surface area (Å²) in [5, 5.41) is 22.5. The summed E-state index contributed by atoms with van der Waals surface area (Å²) in [4.78, 5) is 0. The zero-order chi connectivity index (χ0) is 12.3. The van der Waals surface area contributed by atoms with Crippen molar-refractivity contribution in [2.24, 2.45) is 5.16 Å². The van der Waals surface area contributed by atoms with Gasteiger partial charge in [0.1, 0.15) is 11.5 Å². The summed E-state index contributed by atoms with van der Waals surface area (Å²) < 4.78 is 0. The molecule has 0 aliphatic rings. The van der Waals surface area contributed by atoms with E-state index in [2.05, 4.69) is 5.16 Å². The summed E-state index contributed by atoms with van der Waals surface area (Å²) in [6.07, 6.45) is 0. The van der Waals surface area contributed by atoms with Crippen LogP contribution in [-0.4, -0.2) is 16.0 Å². The van der Waals surface area contributed by atoms with E-state index in [1.54, 1.807) is 24.3 Å². The molecule has 0 aromatic heterocycles. The minimum absolute atomic E-state index is 0.0195. The monoisotopic (exact) mass is 247 g/mol. The number of aromatic hydroxyl groups is 1. The lowest BCUT2D eigenvalue weighted by Crippen LogP contribution is -2.03. The van der Waals surface area contributed by atoms with Crippen molar-refractivity contribution < 1.29 is 10.3 Å². The van der Waals surface area contributed by atoms with Crippen molar-refractivity contribution in [3.8, 4) is 5.75 Å². The van der Waals surface area contributed by atoms with E-state index in [1.807, 2.05) is 18.2 Å². The minimum atomic E-state index is 0.0195. The Kier molecular flexibility index (Phi) is 3.30. The van der Waals surface area contributed by atoms with E-state index >= 15 is 0 Å². The summed E-state index contributed by atoms with van der Waals surface area (Å²) in [7, 11) is 0. The molecule has 0 saturated heterocycles. The lowest BCUT2D eigenvalue weighted by atomic mass is 10.0. The highest BCUT2D eigenvalue weighted by Gasteiger charge is 2.12. The molecule has 17 heavy (non-hydrogen) atoms. The van der Waals surface area contributed by atoms with Crippen molar-refractivity contribution in [1.29, 1.82) is 0 Å². The Morgan fingerprint density at radius 3 is 2.41 bits per heavy atom. The molecule has 0 radical (unpaired) electrons. The van der Waals surface area contributed by atoms with Crippen LogP contribution in [0.5, 0.6) is 5.75 Å². The van der Waals surface area contributed by atoms with Crippen LogP contribution in [0.2, 0.25) is 5.02 Å². The predicted octanol–water partition coefficient (Wildman–Crippen LogP) is 3.27. The average molecular weight is 248 g/mol. The third-order valence-corrected chi connectivity index (χ3v) is 2.60. The topological polar surface area (TPSA) is 52.8 Å². The van der Waals surface area contributed by atoms with E-state index in [0.717, 1.165) is 0 Å². The quantitative estimate of drug-likeness (QED) is 0.486. The van der Waals surface area contributed by atoms with Crippen molar-refractivity contribution in [3.05, 3.63) is 64.7 Å². The van der Waals surface area contributed by atoms with Gasteiger partial charge < -0.3 is 10.3 Å². The summed E-state index contributed by atoms with van der Waals surface area (Å²) in [5.41, 5.74) is 1.38. The first-order valence-electron chi connectivity index (χ1n) is 4.98. The summed E-state index contributed by atoms with van der Waals surface area (Å²) in [6.45, 7) is 0. The minimum Gasteiger partial charge on any atom is -0.507 e. The van der Waals surface area contributed by atoms with Gasteiger partial charge in [-0.25, -0.2) is 0 Å². The van der Waals surface area contributed by atoms with E-state index in [4.69, 9.17) is 16.8 Å². The normalized spacial score (nSPS) is 11.5. The molecule has 0 aliphatic heterocycles. The third kappa shape index (κ3) is 2.40. The number of hydrogen-bond donors (Lipinski definition) is 2. The van der Waals surface area contributed by atoms with Crippen molar-refractivity contribution in [2.75, 3.05) is 0 Å². The van der Waals surface area contributed by atoms with Gasteiger partial charge in [0.2, 0.25) is 0 Å². The Morgan fingerprint density at radius 2 is 1.76 bits per heavy atom. The van der Waals surface area contributed by atoms with Crippen LogP contribution in [-0.2, 0) is 0 Å². The van der Waals surface area contributed by atoms with E-state index < -0.39 is 0 Å². The largest absolute Gasteiger partial charge is 0.507 e. The number of nitrogens with zero attached hydrogens (tertiary/aromatic N) is 1. The van der Waals surface area contributed by atoms with Gasteiger partial charge in [0.05, 0.1) is 0 Å². The number of hydrogen-bond acceptors (Lipinski definition) is 3. The molecule has 3 nitrogen and oxygen atoms in total. The van der Waals surface area contributed by atoms with Crippen LogP contribution in [0.1, 0.15) is 11.1 Å². The Bertz CT molecular complexity index is 553. The van der Waals surface area contributed by atoms with Gasteiger partial charge in [-0.1, -0.05) is 47.1 Å². The van der Waals surface area contributed by atoms with Gasteiger partial charge in [-0.15, -0.1) is 0 Å². The van der Waals surface area contributed by atoms with Crippen molar-refractivity contribution >= 4 is 17.3 Å². The lowest BCUT2D eigenvalue weighted by Gasteiger charge is -2.07. The third-order valence-electron chi connectivity index (χ3n) is 2.36. The molecule has 4 heteroatoms. The molecule has 2 aromatic rings. The predicted molar refractivity (Wildman–Crippen MR) is 67.0 cm³/mol. The Hall–Kier alpha value is -2.00. The summed E-state index contributed by atoms with van der Waals surface area (Å²) >= 11 is 5.86. The molecule has 0 spiro atoms. The molecule has 0 fully saturated rings. The Balaban J connectivity index is 2.54. The van der Waals surface area contributed by atoms with E-state index in [9.17, 15) is 5.11 Å². The Labute approximate surface area is 104 Å². The number of phenolic OH excluding ortho intramolecular Hbond substituents is 1. The van der Waals surface area contributed by atoms with Gasteiger partial charge in [-0.2, -0.15) is 0 Å². The van der Waals surface area contributed by atoms with Crippen LogP contribution >= 0.6 is 11.6 Å². The molecular formula is C13H10ClNO2. The highest BCUT2D eigenvalue weighted by Crippen LogP contribution is 2.24. The fourth-order valence-corrected chi connectivity index (χ4v) is 1.73. The first kappa shape index (κ1) is 11.5. The van der Waals surface area contributed by atoms with E-state index in [1.165, 1.54) is 6.07 Å². The maximum atomic E-state index is 9.75. The number of phenols is 1. The zero-order valence-electron chi connectivity index (χ0n) is 8.84. The molecule has 2 rings (SSSR count). The van der Waals surface area contributed by atoms with Gasteiger partial charge in [-0.3, -0.25) is 0 Å². The van der Waals surface area contributed by atoms with Crippen molar-refractivity contribution in [3.63, 3.8) is 0 Å². The number of halogens is 1. The highest BCUT2D eigenvalue weighted by molar-refractivity contribution is 6.31. The summed E-state index contributed by atoms with van der Waals surface area (Å²) in [6, 6.07) is 13.7. The van der Waals surface area contributed by atoms with Gasteiger partial charge in [0.25, 0.3) is 0 Å². The van der Waals surface area contributed by atoms with Gasteiger partial charge in [-0.05, 0) is 18.2 Å². The molecule has 0 aliphatic carbocycles. The van der Waals surface area contributed by atoms with Crippen LogP contribution in [0.25, 0.3) is 0 Å². The highest BCUT2D eigenvalue weighted by atomic mass is 35.5. The first-order valence-corrected chi connectivity index (χ1v) is 5.36. The molecule has 0 saturated carbocycles. The second-order valence-electron chi connectivity index (χ2n) is 3.48. The second-order valence-corrected chi connectivity index (χ2v) is 3.91. The van der Waals surface area contributed by atoms with Gasteiger partial charge in [0, 0.05) is 16.1 Å². The van der Waals surface area contributed by atoms with Gasteiger partial charge >= 0.3 is 0 Å². The molecule has 86 valence electrons. The maximum absolute atomic E-state index is 9.75. The molecule has 0 heterocycles. The van der Waals surface area contributed by atoms with E-state index in [-0.39, 0.29) is 11.5 Å². The average Bonchev–Trinajstić information content (AvgIpc) is 2.36. The molecule has 0 unspecified atom stereocenters. The number of benzene rings is 2. The van der Waals surface area contributed by atoms with Crippen LogP contribution in [0.3, 0.4) is 0 Å². The molecule has 0 amide bonds. The Morgan fingerprint density at radius 1 is 1.06 bits per heavy atom. The van der Waals surface area contributed by atoms with E-state index in [0.29, 0.717) is 16.1 Å². The second kappa shape index (κ2) is 4.89. The molecule has 0 bridgehead atoms. The molecule has 2 N–H and O–H groups in total.